The number of carbonyl (C=O) groups is 1. The van der Waals surface area contributed by atoms with Crippen LogP contribution in [-0.2, 0) is 16.0 Å². The minimum atomic E-state index is -1.01. The van der Waals surface area contributed by atoms with E-state index in [1.165, 1.54) is 0 Å². The molecule has 104 valence electrons. The highest BCUT2D eigenvalue weighted by Gasteiger charge is 2.26. The molecular weight excluding hydrogens is 262 g/mol. The Morgan fingerprint density at radius 3 is 2.42 bits per heavy atom. The van der Waals surface area contributed by atoms with Gasteiger partial charge in [0, 0.05) is 26.2 Å². The van der Waals surface area contributed by atoms with Crippen LogP contribution in [0.3, 0.4) is 0 Å². The minimum Gasteiger partial charge on any atom is -0.612 e. The molecule has 0 spiro atoms. The summed E-state index contributed by atoms with van der Waals surface area (Å²) in [5.41, 5.74) is 6.40. The number of nitrogens with zero attached hydrogens (tertiary/aromatic N) is 1. The van der Waals surface area contributed by atoms with Crippen molar-refractivity contribution in [3.8, 4) is 0 Å². The monoisotopic (exact) mass is 281 g/mol. The van der Waals surface area contributed by atoms with Gasteiger partial charge in [-0.15, -0.1) is 0 Å². The maximum atomic E-state index is 11.7. The van der Waals surface area contributed by atoms with Crippen LogP contribution in [0.15, 0.2) is 29.2 Å². The second-order valence-electron chi connectivity index (χ2n) is 4.61. The lowest BCUT2D eigenvalue weighted by atomic mass is 10.0. The molecular formula is C13H19N3O2S. The number of nitrogens with two attached hydrogens (primary N) is 1. The number of rotatable bonds is 4. The van der Waals surface area contributed by atoms with Gasteiger partial charge in [0.1, 0.15) is 12.3 Å². The summed E-state index contributed by atoms with van der Waals surface area (Å²) in [6.45, 7) is 3.33. The number of hydrogen-bond acceptors (Lipinski definition) is 4. The average molecular weight is 281 g/mol. The zero-order valence-electron chi connectivity index (χ0n) is 11.0. The van der Waals surface area contributed by atoms with E-state index < -0.39 is 17.2 Å². The molecule has 19 heavy (non-hydrogen) atoms. The molecule has 2 unspecified atom stereocenters. The van der Waals surface area contributed by atoms with Crippen LogP contribution in [0, 0.1) is 0 Å². The number of hydrogen-bond donors (Lipinski definition) is 2. The van der Waals surface area contributed by atoms with Crippen molar-refractivity contribution in [1.82, 2.24) is 10.2 Å². The molecule has 1 aromatic rings. The van der Waals surface area contributed by atoms with Crippen LogP contribution in [0.1, 0.15) is 11.6 Å². The summed E-state index contributed by atoms with van der Waals surface area (Å²) in [6, 6.07) is 6.87. The smallest absolute Gasteiger partial charge is 0.239 e. The molecule has 2 rings (SSSR count). The zero-order valence-corrected chi connectivity index (χ0v) is 11.8. The van der Waals surface area contributed by atoms with Crippen molar-refractivity contribution in [2.24, 2.45) is 5.73 Å². The quantitative estimate of drug-likeness (QED) is 0.752. The topological polar surface area (TPSA) is 81.4 Å². The van der Waals surface area contributed by atoms with Crippen LogP contribution >= 0.6 is 0 Å². The highest BCUT2D eigenvalue weighted by Crippen LogP contribution is 2.22. The van der Waals surface area contributed by atoms with E-state index >= 15 is 0 Å². The second-order valence-corrected chi connectivity index (χ2v) is 5.99. The van der Waals surface area contributed by atoms with Crippen LogP contribution in [0.4, 0.5) is 0 Å². The third-order valence-electron chi connectivity index (χ3n) is 3.31. The first kappa shape index (κ1) is 14.3. The normalized spacial score (nSPS) is 19.9. The third-order valence-corrected chi connectivity index (χ3v) is 4.25. The fourth-order valence-corrected chi connectivity index (χ4v) is 2.86. The Morgan fingerprint density at radius 1 is 1.37 bits per heavy atom. The number of piperazine rings is 1. The van der Waals surface area contributed by atoms with Gasteiger partial charge < -0.3 is 15.6 Å². The fraction of sp³-hybridized carbons (Fsp3) is 0.462. The van der Waals surface area contributed by atoms with E-state index in [-0.39, 0.29) is 5.91 Å². The SMILES string of the molecule is C[S+]([O-])c1ccc(C(C(N)=O)N2CCNCC2)cc1. The van der Waals surface area contributed by atoms with Crippen LogP contribution in [0.2, 0.25) is 0 Å². The molecule has 0 radical (unpaired) electrons. The number of carbonyl (C=O) groups excluding carboxylic acids is 1. The molecule has 0 aromatic heterocycles. The molecule has 1 saturated heterocycles. The number of benzene rings is 1. The molecule has 6 heteroatoms. The summed E-state index contributed by atoms with van der Waals surface area (Å²) in [4.78, 5) is 14.6. The van der Waals surface area contributed by atoms with Gasteiger partial charge in [-0.25, -0.2) is 0 Å². The Balaban J connectivity index is 2.20. The van der Waals surface area contributed by atoms with Gasteiger partial charge in [0.15, 0.2) is 4.90 Å². The third kappa shape index (κ3) is 3.48. The maximum Gasteiger partial charge on any atom is 0.239 e. The maximum absolute atomic E-state index is 11.7. The van der Waals surface area contributed by atoms with Crippen molar-refractivity contribution < 1.29 is 9.35 Å². The van der Waals surface area contributed by atoms with Crippen LogP contribution in [-0.4, -0.2) is 47.8 Å². The highest BCUT2D eigenvalue weighted by atomic mass is 32.2. The van der Waals surface area contributed by atoms with E-state index in [4.69, 9.17) is 5.73 Å². The summed E-state index contributed by atoms with van der Waals surface area (Å²) < 4.78 is 11.4. The summed E-state index contributed by atoms with van der Waals surface area (Å²) in [5, 5.41) is 3.25. The van der Waals surface area contributed by atoms with Gasteiger partial charge in [0.2, 0.25) is 5.91 Å². The molecule has 1 amide bonds. The molecule has 1 fully saturated rings. The molecule has 1 aliphatic rings. The van der Waals surface area contributed by atoms with Gasteiger partial charge in [-0.05, 0) is 28.9 Å². The number of primary amides is 1. The van der Waals surface area contributed by atoms with Crippen LogP contribution in [0.25, 0.3) is 0 Å². The predicted octanol–water partition coefficient (Wildman–Crippen LogP) is -0.144. The Morgan fingerprint density at radius 2 is 1.95 bits per heavy atom. The van der Waals surface area contributed by atoms with E-state index in [1.54, 1.807) is 18.4 Å². The molecule has 1 aliphatic heterocycles. The summed E-state index contributed by atoms with van der Waals surface area (Å²) in [7, 11) is 0. The van der Waals surface area contributed by atoms with Gasteiger partial charge in [-0.1, -0.05) is 12.1 Å². The van der Waals surface area contributed by atoms with Crippen molar-refractivity contribution in [3.63, 3.8) is 0 Å². The Hall–Kier alpha value is -1.08. The first-order chi connectivity index (χ1) is 9.09. The van der Waals surface area contributed by atoms with Crippen molar-refractivity contribution in [2.75, 3.05) is 32.4 Å². The van der Waals surface area contributed by atoms with Crippen molar-refractivity contribution in [1.29, 1.82) is 0 Å². The Bertz CT molecular complexity index is 430. The highest BCUT2D eigenvalue weighted by molar-refractivity contribution is 7.90. The first-order valence-corrected chi connectivity index (χ1v) is 7.83. The number of amides is 1. The van der Waals surface area contributed by atoms with Gasteiger partial charge in [-0.3, -0.25) is 9.69 Å². The number of nitrogens with one attached hydrogen (secondary N) is 1. The van der Waals surface area contributed by atoms with Crippen LogP contribution in [0.5, 0.6) is 0 Å². The average Bonchev–Trinajstić information content (AvgIpc) is 2.40. The largest absolute Gasteiger partial charge is 0.612 e. The molecule has 0 saturated carbocycles. The van der Waals surface area contributed by atoms with E-state index in [9.17, 15) is 9.35 Å². The van der Waals surface area contributed by atoms with E-state index in [1.807, 2.05) is 12.1 Å². The Kier molecular flexibility index (Phi) is 4.81. The lowest BCUT2D eigenvalue weighted by Crippen LogP contribution is -2.48. The fourth-order valence-electron chi connectivity index (χ4n) is 2.34. The lowest BCUT2D eigenvalue weighted by Gasteiger charge is -2.33. The van der Waals surface area contributed by atoms with Crippen molar-refractivity contribution in [2.45, 2.75) is 10.9 Å². The van der Waals surface area contributed by atoms with Gasteiger partial charge in [-0.2, -0.15) is 0 Å². The minimum absolute atomic E-state index is 0.340. The van der Waals surface area contributed by atoms with Gasteiger partial charge >= 0.3 is 0 Å². The molecule has 0 bridgehead atoms. The molecule has 0 aliphatic carbocycles. The molecule has 1 heterocycles. The van der Waals surface area contributed by atoms with Gasteiger partial charge in [0.25, 0.3) is 0 Å². The standard InChI is InChI=1S/C13H19N3O2S/c1-19(18)11-4-2-10(3-5-11)12(13(14)17)16-8-6-15-7-9-16/h2-5,12,15H,6-9H2,1H3,(H2,14,17). The Labute approximate surface area is 116 Å². The lowest BCUT2D eigenvalue weighted by molar-refractivity contribution is -0.123. The summed E-state index contributed by atoms with van der Waals surface area (Å²) in [5.74, 6) is -0.340. The summed E-state index contributed by atoms with van der Waals surface area (Å²) in [6.07, 6.45) is 1.64. The molecule has 3 N–H and O–H groups in total. The van der Waals surface area contributed by atoms with Crippen molar-refractivity contribution >= 4 is 17.1 Å². The second kappa shape index (κ2) is 6.38. The molecule has 1 aromatic carbocycles. The van der Waals surface area contributed by atoms with Crippen molar-refractivity contribution in [3.05, 3.63) is 29.8 Å². The van der Waals surface area contributed by atoms with Crippen LogP contribution < -0.4 is 11.1 Å². The predicted molar refractivity (Wildman–Crippen MR) is 75.2 cm³/mol. The van der Waals surface area contributed by atoms with E-state index in [2.05, 4.69) is 10.2 Å². The van der Waals surface area contributed by atoms with E-state index in [0.29, 0.717) is 0 Å². The van der Waals surface area contributed by atoms with E-state index in [0.717, 1.165) is 36.6 Å². The summed E-state index contributed by atoms with van der Waals surface area (Å²) >= 11 is -1.01. The molecule has 2 atom stereocenters. The molecule has 5 nitrogen and oxygen atoms in total. The zero-order chi connectivity index (χ0) is 13.8. The first-order valence-electron chi connectivity index (χ1n) is 6.27. The van der Waals surface area contributed by atoms with Gasteiger partial charge in [0.05, 0.1) is 0 Å².